The van der Waals surface area contributed by atoms with Crippen LogP contribution in [0.15, 0.2) is 66.0 Å². The molecule has 0 spiro atoms. The van der Waals surface area contributed by atoms with E-state index in [9.17, 15) is 5.11 Å². The van der Waals surface area contributed by atoms with E-state index >= 15 is 0 Å². The minimum atomic E-state index is 0. The topological polar surface area (TPSA) is 87.4 Å². The van der Waals surface area contributed by atoms with Gasteiger partial charge in [-0.1, -0.05) is 36.4 Å². The first-order valence-electron chi connectivity index (χ1n) is 9.27. The molecule has 2 aromatic heterocycles. The molecule has 3 aromatic rings. The number of aliphatic hydroxyl groups is 1. The van der Waals surface area contributed by atoms with Gasteiger partial charge in [-0.25, -0.2) is 9.97 Å². The van der Waals surface area contributed by atoms with Crippen LogP contribution in [0.4, 0.5) is 0 Å². The second-order valence-electron chi connectivity index (χ2n) is 6.47. The van der Waals surface area contributed by atoms with Gasteiger partial charge in [0.2, 0.25) is 0 Å². The van der Waals surface area contributed by atoms with E-state index in [1.165, 1.54) is 0 Å². The summed E-state index contributed by atoms with van der Waals surface area (Å²) in [7, 11) is 1.73. The quantitative estimate of drug-likeness (QED) is 0.261. The lowest BCUT2D eigenvalue weighted by molar-refractivity contribution is 0.265. The number of halogens is 1. The van der Waals surface area contributed by atoms with Gasteiger partial charge < -0.3 is 15.7 Å². The summed E-state index contributed by atoms with van der Waals surface area (Å²) < 4.78 is 1.94. The van der Waals surface area contributed by atoms with E-state index < -0.39 is 0 Å². The SMILES string of the molecule is CN=C(NCc1ccc(-n2ccnc2C)nc1)NCC(CO)c1ccccc1.I. The molecule has 154 valence electrons. The number of hydrogen-bond donors (Lipinski definition) is 3. The van der Waals surface area contributed by atoms with Crippen molar-refractivity contribution in [3.8, 4) is 5.82 Å². The number of aromatic nitrogens is 3. The highest BCUT2D eigenvalue weighted by molar-refractivity contribution is 14.0. The van der Waals surface area contributed by atoms with Crippen LogP contribution in [0.1, 0.15) is 22.9 Å². The smallest absolute Gasteiger partial charge is 0.191 e. The normalized spacial score (nSPS) is 12.2. The number of nitrogens with one attached hydrogen (secondary N) is 2. The Hall–Kier alpha value is -2.46. The first kappa shape index (κ1) is 22.8. The van der Waals surface area contributed by atoms with Crippen molar-refractivity contribution >= 4 is 29.9 Å². The molecule has 29 heavy (non-hydrogen) atoms. The first-order chi connectivity index (χ1) is 13.7. The summed E-state index contributed by atoms with van der Waals surface area (Å²) in [5, 5.41) is 16.2. The van der Waals surface area contributed by atoms with Gasteiger partial charge in [0.05, 0.1) is 6.61 Å². The second kappa shape index (κ2) is 11.5. The Labute approximate surface area is 188 Å². The Morgan fingerprint density at radius 2 is 1.93 bits per heavy atom. The van der Waals surface area contributed by atoms with Crippen molar-refractivity contribution in [1.82, 2.24) is 25.2 Å². The number of aryl methyl sites for hydroxylation is 1. The molecule has 0 radical (unpaired) electrons. The molecule has 1 aromatic carbocycles. The van der Waals surface area contributed by atoms with Crippen LogP contribution in [0.25, 0.3) is 5.82 Å². The van der Waals surface area contributed by atoms with Crippen molar-refractivity contribution in [2.24, 2.45) is 4.99 Å². The van der Waals surface area contributed by atoms with E-state index in [0.717, 1.165) is 22.8 Å². The Kier molecular flexibility index (Phi) is 9.07. The summed E-state index contributed by atoms with van der Waals surface area (Å²) in [6.45, 7) is 3.22. The average Bonchev–Trinajstić information content (AvgIpc) is 3.17. The molecule has 0 aliphatic heterocycles. The Morgan fingerprint density at radius 3 is 2.52 bits per heavy atom. The molecule has 0 bridgehead atoms. The third-order valence-electron chi connectivity index (χ3n) is 4.57. The molecule has 3 rings (SSSR count). The fourth-order valence-corrected chi connectivity index (χ4v) is 2.92. The van der Waals surface area contributed by atoms with Crippen molar-refractivity contribution in [2.45, 2.75) is 19.4 Å². The van der Waals surface area contributed by atoms with E-state index in [1.54, 1.807) is 13.2 Å². The van der Waals surface area contributed by atoms with Gasteiger partial charge in [0.1, 0.15) is 11.6 Å². The Balaban J connectivity index is 0.00000300. The average molecular weight is 506 g/mol. The van der Waals surface area contributed by atoms with Gasteiger partial charge in [0.15, 0.2) is 5.96 Å². The molecule has 1 atom stereocenters. The van der Waals surface area contributed by atoms with Crippen LogP contribution >= 0.6 is 24.0 Å². The molecule has 2 heterocycles. The number of imidazole rings is 1. The van der Waals surface area contributed by atoms with Crippen LogP contribution in [0.5, 0.6) is 0 Å². The summed E-state index contributed by atoms with van der Waals surface area (Å²) in [5.74, 6) is 2.44. The predicted octanol–water partition coefficient (Wildman–Crippen LogP) is 2.63. The van der Waals surface area contributed by atoms with Crippen LogP contribution < -0.4 is 10.6 Å². The zero-order valence-corrected chi connectivity index (χ0v) is 18.9. The zero-order chi connectivity index (χ0) is 19.8. The highest BCUT2D eigenvalue weighted by atomic mass is 127. The van der Waals surface area contributed by atoms with E-state index in [-0.39, 0.29) is 36.5 Å². The van der Waals surface area contributed by atoms with Gasteiger partial charge in [-0.3, -0.25) is 9.56 Å². The third-order valence-corrected chi connectivity index (χ3v) is 4.57. The minimum absolute atomic E-state index is 0. The predicted molar refractivity (Wildman–Crippen MR) is 126 cm³/mol. The maximum absolute atomic E-state index is 9.68. The van der Waals surface area contributed by atoms with Crippen LogP contribution in [0, 0.1) is 6.92 Å². The molecule has 0 fully saturated rings. The molecule has 0 aliphatic carbocycles. The number of pyridine rings is 1. The summed E-state index contributed by atoms with van der Waals surface area (Å²) >= 11 is 0. The summed E-state index contributed by atoms with van der Waals surface area (Å²) in [6, 6.07) is 14.0. The van der Waals surface area contributed by atoms with Gasteiger partial charge in [-0.2, -0.15) is 0 Å². The molecule has 8 heteroatoms. The number of hydrogen-bond acceptors (Lipinski definition) is 4. The molecule has 7 nitrogen and oxygen atoms in total. The van der Waals surface area contributed by atoms with Crippen molar-refractivity contribution in [3.05, 3.63) is 78.0 Å². The number of rotatable bonds is 7. The van der Waals surface area contributed by atoms with Crippen molar-refractivity contribution in [1.29, 1.82) is 0 Å². The highest BCUT2D eigenvalue weighted by Crippen LogP contribution is 2.13. The maximum atomic E-state index is 9.68. The molecule has 0 amide bonds. The molecule has 3 N–H and O–H groups in total. The molecular weight excluding hydrogens is 479 g/mol. The minimum Gasteiger partial charge on any atom is -0.396 e. The summed E-state index contributed by atoms with van der Waals surface area (Å²) in [5.41, 5.74) is 2.15. The number of aliphatic imine (C=N–C) groups is 1. The second-order valence-corrected chi connectivity index (χ2v) is 6.47. The maximum Gasteiger partial charge on any atom is 0.191 e. The van der Waals surface area contributed by atoms with Gasteiger partial charge in [-0.05, 0) is 24.1 Å². The summed E-state index contributed by atoms with van der Waals surface area (Å²) in [4.78, 5) is 13.0. The van der Waals surface area contributed by atoms with Gasteiger partial charge in [-0.15, -0.1) is 24.0 Å². The van der Waals surface area contributed by atoms with Crippen molar-refractivity contribution < 1.29 is 5.11 Å². The van der Waals surface area contributed by atoms with E-state index in [1.807, 2.05) is 66.3 Å². The highest BCUT2D eigenvalue weighted by Gasteiger charge is 2.11. The fraction of sp³-hybridized carbons (Fsp3) is 0.286. The van der Waals surface area contributed by atoms with Crippen LogP contribution in [0.3, 0.4) is 0 Å². The molecule has 0 saturated carbocycles. The molecule has 1 unspecified atom stereocenters. The Bertz CT molecular complexity index is 895. The lowest BCUT2D eigenvalue weighted by Gasteiger charge is -2.18. The lowest BCUT2D eigenvalue weighted by Crippen LogP contribution is -2.39. The Morgan fingerprint density at radius 1 is 1.14 bits per heavy atom. The number of aliphatic hydroxyl groups excluding tert-OH is 1. The van der Waals surface area contributed by atoms with E-state index in [2.05, 4.69) is 25.6 Å². The largest absolute Gasteiger partial charge is 0.396 e. The van der Waals surface area contributed by atoms with Gasteiger partial charge in [0, 0.05) is 44.6 Å². The third kappa shape index (κ3) is 6.26. The number of nitrogens with zero attached hydrogens (tertiary/aromatic N) is 4. The zero-order valence-electron chi connectivity index (χ0n) is 16.6. The van der Waals surface area contributed by atoms with Crippen LogP contribution in [0.2, 0.25) is 0 Å². The number of benzene rings is 1. The fourth-order valence-electron chi connectivity index (χ4n) is 2.92. The van der Waals surface area contributed by atoms with Crippen LogP contribution in [-0.4, -0.2) is 45.8 Å². The van der Waals surface area contributed by atoms with E-state index in [0.29, 0.717) is 19.0 Å². The monoisotopic (exact) mass is 506 g/mol. The number of guanidine groups is 1. The van der Waals surface area contributed by atoms with Crippen molar-refractivity contribution in [3.63, 3.8) is 0 Å². The summed E-state index contributed by atoms with van der Waals surface area (Å²) in [6.07, 6.45) is 5.50. The molecule has 0 saturated heterocycles. The first-order valence-corrected chi connectivity index (χ1v) is 9.27. The standard InChI is InChI=1S/C21H26N6O.HI/c1-16-23-10-11-27(16)20-9-8-17(12-24-20)13-25-21(22-2)26-14-19(15-28)18-6-4-3-5-7-18;/h3-12,19,28H,13-15H2,1-2H3,(H2,22,25,26);1H. The van der Waals surface area contributed by atoms with Gasteiger partial charge >= 0.3 is 0 Å². The van der Waals surface area contributed by atoms with E-state index in [4.69, 9.17) is 0 Å². The van der Waals surface area contributed by atoms with Crippen LogP contribution in [-0.2, 0) is 6.54 Å². The molecule has 0 aliphatic rings. The van der Waals surface area contributed by atoms with Gasteiger partial charge in [0.25, 0.3) is 0 Å². The lowest BCUT2D eigenvalue weighted by atomic mass is 10.0. The van der Waals surface area contributed by atoms with Crippen molar-refractivity contribution in [2.75, 3.05) is 20.2 Å². The molecular formula is C21H27IN6O.